The van der Waals surface area contributed by atoms with Crippen LogP contribution in [0.3, 0.4) is 0 Å². The molecule has 10 aromatic rings. The standard InChI is InChI=1S/C52H35NO/c1-3-12-36(13-4-1)41-18-9-19-42(34-41)37-24-29-44(30-25-37)53(50-23-10-17-39-16-7-8-20-46(39)50)45-31-26-38(27-32-45)43-28-33-51-49(35-43)48-22-11-21-47(52(48)54-51)40-14-5-2-6-15-40/h1-35H. The lowest BCUT2D eigenvalue weighted by molar-refractivity contribution is 0.670. The summed E-state index contributed by atoms with van der Waals surface area (Å²) in [5, 5.41) is 4.66. The number of anilines is 3. The molecule has 0 unspecified atom stereocenters. The number of para-hydroxylation sites is 1. The molecule has 254 valence electrons. The largest absolute Gasteiger partial charge is 0.455 e. The maximum absolute atomic E-state index is 6.47. The Balaban J connectivity index is 1.03. The summed E-state index contributed by atoms with van der Waals surface area (Å²) in [5.41, 5.74) is 14.5. The molecule has 0 amide bonds. The lowest BCUT2D eigenvalue weighted by Crippen LogP contribution is -2.10. The summed E-state index contributed by atoms with van der Waals surface area (Å²) < 4.78 is 6.47. The molecule has 1 aromatic heterocycles. The zero-order valence-electron chi connectivity index (χ0n) is 29.6. The molecule has 0 radical (unpaired) electrons. The van der Waals surface area contributed by atoms with Crippen molar-refractivity contribution >= 4 is 49.8 Å². The van der Waals surface area contributed by atoms with Crippen molar-refractivity contribution in [2.24, 2.45) is 0 Å². The van der Waals surface area contributed by atoms with Crippen LogP contribution in [0.5, 0.6) is 0 Å². The normalized spacial score (nSPS) is 11.3. The molecule has 0 saturated carbocycles. The van der Waals surface area contributed by atoms with Crippen LogP contribution in [0.1, 0.15) is 0 Å². The fourth-order valence-corrected chi connectivity index (χ4v) is 7.77. The molecule has 0 bridgehead atoms. The number of benzene rings is 9. The van der Waals surface area contributed by atoms with Crippen LogP contribution in [0.2, 0.25) is 0 Å². The third-order valence-electron chi connectivity index (χ3n) is 10.5. The first-order valence-corrected chi connectivity index (χ1v) is 18.4. The lowest BCUT2D eigenvalue weighted by Gasteiger charge is -2.27. The summed E-state index contributed by atoms with van der Waals surface area (Å²) in [6.45, 7) is 0. The molecule has 10 rings (SSSR count). The van der Waals surface area contributed by atoms with Gasteiger partial charge in [0, 0.05) is 33.1 Å². The highest BCUT2D eigenvalue weighted by atomic mass is 16.3. The predicted molar refractivity (Wildman–Crippen MR) is 228 cm³/mol. The molecule has 0 spiro atoms. The SMILES string of the molecule is c1ccc(-c2cccc(-c3ccc(N(c4ccc(-c5ccc6oc7c(-c8ccccc8)cccc7c6c5)cc4)c4cccc5ccccc45)cc3)c2)cc1. The topological polar surface area (TPSA) is 16.4 Å². The molecule has 1 heterocycles. The predicted octanol–water partition coefficient (Wildman–Crippen LogP) is 14.9. The van der Waals surface area contributed by atoms with Crippen LogP contribution < -0.4 is 4.90 Å². The first kappa shape index (κ1) is 31.6. The molecule has 9 aromatic carbocycles. The van der Waals surface area contributed by atoms with Crippen molar-refractivity contribution in [2.45, 2.75) is 0 Å². The molecule has 54 heavy (non-hydrogen) atoms. The lowest BCUT2D eigenvalue weighted by atomic mass is 9.98. The van der Waals surface area contributed by atoms with Crippen molar-refractivity contribution in [2.75, 3.05) is 4.90 Å². The van der Waals surface area contributed by atoms with Gasteiger partial charge >= 0.3 is 0 Å². The summed E-state index contributed by atoms with van der Waals surface area (Å²) in [4.78, 5) is 2.37. The van der Waals surface area contributed by atoms with E-state index in [0.717, 1.165) is 61.3 Å². The van der Waals surface area contributed by atoms with Crippen LogP contribution in [-0.2, 0) is 0 Å². The van der Waals surface area contributed by atoms with Crippen molar-refractivity contribution in [3.05, 3.63) is 212 Å². The Labute approximate surface area is 314 Å². The Morgan fingerprint density at radius 3 is 1.52 bits per heavy atom. The Kier molecular flexibility index (Phi) is 7.85. The van der Waals surface area contributed by atoms with Gasteiger partial charge in [0.15, 0.2) is 0 Å². The van der Waals surface area contributed by atoms with Crippen molar-refractivity contribution in [3.63, 3.8) is 0 Å². The van der Waals surface area contributed by atoms with Crippen LogP contribution in [0, 0.1) is 0 Å². The molecule has 0 saturated heterocycles. The highest BCUT2D eigenvalue weighted by Crippen LogP contribution is 2.42. The first-order valence-electron chi connectivity index (χ1n) is 18.4. The van der Waals surface area contributed by atoms with Gasteiger partial charge in [-0.25, -0.2) is 0 Å². The minimum atomic E-state index is 0.895. The van der Waals surface area contributed by atoms with E-state index >= 15 is 0 Å². The molecule has 0 aliphatic carbocycles. The van der Waals surface area contributed by atoms with Crippen molar-refractivity contribution in [1.29, 1.82) is 0 Å². The highest BCUT2D eigenvalue weighted by Gasteiger charge is 2.17. The third kappa shape index (κ3) is 5.71. The zero-order chi connectivity index (χ0) is 35.8. The number of rotatable bonds is 7. The number of fused-ring (bicyclic) bond motifs is 4. The van der Waals surface area contributed by atoms with E-state index in [1.54, 1.807) is 0 Å². The molecule has 0 aliphatic rings. The molecule has 0 N–H and O–H groups in total. The van der Waals surface area contributed by atoms with E-state index in [2.05, 4.69) is 211 Å². The third-order valence-corrected chi connectivity index (χ3v) is 10.5. The summed E-state index contributed by atoms with van der Waals surface area (Å²) >= 11 is 0. The van der Waals surface area contributed by atoms with Crippen LogP contribution in [0.25, 0.3) is 77.2 Å². The molecule has 2 heteroatoms. The zero-order valence-corrected chi connectivity index (χ0v) is 29.6. The smallest absolute Gasteiger partial charge is 0.143 e. The van der Waals surface area contributed by atoms with Crippen molar-refractivity contribution in [1.82, 2.24) is 0 Å². The quantitative estimate of drug-likeness (QED) is 0.166. The average Bonchev–Trinajstić information content (AvgIpc) is 3.63. The second-order valence-corrected chi connectivity index (χ2v) is 13.7. The first-order chi connectivity index (χ1) is 26.8. The van der Waals surface area contributed by atoms with Gasteiger partial charge in [-0.1, -0.05) is 164 Å². The fraction of sp³-hybridized carbons (Fsp3) is 0. The van der Waals surface area contributed by atoms with Gasteiger partial charge in [-0.3, -0.25) is 0 Å². The monoisotopic (exact) mass is 689 g/mol. The van der Waals surface area contributed by atoms with Crippen LogP contribution >= 0.6 is 0 Å². The van der Waals surface area contributed by atoms with E-state index in [0.29, 0.717) is 0 Å². The van der Waals surface area contributed by atoms with E-state index in [1.807, 2.05) is 6.07 Å². The summed E-state index contributed by atoms with van der Waals surface area (Å²) in [7, 11) is 0. The van der Waals surface area contributed by atoms with Crippen LogP contribution in [0.15, 0.2) is 217 Å². The van der Waals surface area contributed by atoms with E-state index < -0.39 is 0 Å². The summed E-state index contributed by atoms with van der Waals surface area (Å²) in [6, 6.07) is 75.8. The molecule has 0 atom stereocenters. The maximum Gasteiger partial charge on any atom is 0.143 e. The fourth-order valence-electron chi connectivity index (χ4n) is 7.77. The van der Waals surface area contributed by atoms with Gasteiger partial charge in [-0.2, -0.15) is 0 Å². The number of nitrogens with zero attached hydrogens (tertiary/aromatic N) is 1. The minimum Gasteiger partial charge on any atom is -0.455 e. The van der Waals surface area contributed by atoms with Gasteiger partial charge in [0.25, 0.3) is 0 Å². The molecular weight excluding hydrogens is 655 g/mol. The number of furan rings is 1. The van der Waals surface area contributed by atoms with Gasteiger partial charge in [0.1, 0.15) is 11.2 Å². The Bertz CT molecular complexity index is 2900. The van der Waals surface area contributed by atoms with Gasteiger partial charge in [-0.15, -0.1) is 0 Å². The Morgan fingerprint density at radius 2 is 0.815 bits per heavy atom. The van der Waals surface area contributed by atoms with Crippen molar-refractivity contribution < 1.29 is 4.42 Å². The van der Waals surface area contributed by atoms with Gasteiger partial charge in [-0.05, 0) is 92.9 Å². The van der Waals surface area contributed by atoms with E-state index in [1.165, 1.54) is 33.0 Å². The second kappa shape index (κ2) is 13.4. The number of hydrogen-bond donors (Lipinski definition) is 0. The maximum atomic E-state index is 6.47. The van der Waals surface area contributed by atoms with Crippen molar-refractivity contribution in [3.8, 4) is 44.5 Å². The second-order valence-electron chi connectivity index (χ2n) is 13.7. The highest BCUT2D eigenvalue weighted by molar-refractivity contribution is 6.10. The molecule has 0 fully saturated rings. The number of hydrogen-bond acceptors (Lipinski definition) is 2. The van der Waals surface area contributed by atoms with E-state index in [9.17, 15) is 0 Å². The minimum absolute atomic E-state index is 0.895. The van der Waals surface area contributed by atoms with Gasteiger partial charge in [0.2, 0.25) is 0 Å². The molecule has 0 aliphatic heterocycles. The molecular formula is C52H35NO. The summed E-state index contributed by atoms with van der Waals surface area (Å²) in [5.74, 6) is 0. The summed E-state index contributed by atoms with van der Waals surface area (Å²) in [6.07, 6.45) is 0. The van der Waals surface area contributed by atoms with E-state index in [-0.39, 0.29) is 0 Å². The van der Waals surface area contributed by atoms with Gasteiger partial charge in [0.05, 0.1) is 5.69 Å². The van der Waals surface area contributed by atoms with Gasteiger partial charge < -0.3 is 9.32 Å². The van der Waals surface area contributed by atoms with E-state index in [4.69, 9.17) is 4.42 Å². The Morgan fingerprint density at radius 1 is 0.315 bits per heavy atom. The van der Waals surface area contributed by atoms with Crippen LogP contribution in [-0.4, -0.2) is 0 Å². The van der Waals surface area contributed by atoms with Crippen LogP contribution in [0.4, 0.5) is 17.1 Å². The molecule has 2 nitrogen and oxygen atoms in total. The Hall–Kier alpha value is -7.16. The average molecular weight is 690 g/mol.